The van der Waals surface area contributed by atoms with Crippen LogP contribution in [-0.2, 0) is 11.3 Å². The molecule has 1 atom stereocenters. The van der Waals surface area contributed by atoms with Crippen LogP contribution in [0.5, 0.6) is 0 Å². The van der Waals surface area contributed by atoms with Gasteiger partial charge in [-0.25, -0.2) is 14.4 Å². The zero-order valence-electron chi connectivity index (χ0n) is 18.5. The molecule has 4 rings (SSSR count). The molecule has 0 spiro atoms. The second-order valence-corrected chi connectivity index (χ2v) is 8.70. The molecule has 0 bridgehead atoms. The highest BCUT2D eigenvalue weighted by atomic mass is 19.1. The maximum atomic E-state index is 13.0. The average Bonchev–Trinajstić information content (AvgIpc) is 3.31. The highest BCUT2D eigenvalue weighted by Crippen LogP contribution is 2.25. The van der Waals surface area contributed by atoms with Gasteiger partial charge in [0.25, 0.3) is 5.91 Å². The summed E-state index contributed by atoms with van der Waals surface area (Å²) in [6.45, 7) is 6.04. The number of nitrogens with one attached hydrogen (secondary N) is 1. The number of halogens is 1. The van der Waals surface area contributed by atoms with Crippen molar-refractivity contribution >= 4 is 11.8 Å². The van der Waals surface area contributed by atoms with Crippen molar-refractivity contribution in [2.24, 2.45) is 0 Å². The lowest BCUT2D eigenvalue weighted by atomic mass is 9.96. The van der Waals surface area contributed by atoms with Crippen molar-refractivity contribution in [1.29, 1.82) is 0 Å². The number of hydrogen-bond donors (Lipinski definition) is 1. The first-order valence-corrected chi connectivity index (χ1v) is 11.4. The van der Waals surface area contributed by atoms with E-state index < -0.39 is 0 Å². The molecule has 8 heteroatoms. The summed E-state index contributed by atoms with van der Waals surface area (Å²) in [5.74, 6) is 0.394. The molecule has 170 valence electrons. The monoisotopic (exact) mass is 439 g/mol. The zero-order chi connectivity index (χ0) is 22.5. The molecule has 2 aliphatic heterocycles. The predicted molar refractivity (Wildman–Crippen MR) is 119 cm³/mol. The third kappa shape index (κ3) is 5.48. The highest BCUT2D eigenvalue weighted by Gasteiger charge is 2.28. The summed E-state index contributed by atoms with van der Waals surface area (Å²) in [6, 6.07) is 6.02. The van der Waals surface area contributed by atoms with Crippen molar-refractivity contribution in [3.05, 3.63) is 58.9 Å². The third-order valence-electron chi connectivity index (χ3n) is 6.31. The lowest BCUT2D eigenvalue weighted by molar-refractivity contribution is -0.133. The van der Waals surface area contributed by atoms with Gasteiger partial charge < -0.3 is 10.2 Å². The lowest BCUT2D eigenvalue weighted by Crippen LogP contribution is -2.44. The fourth-order valence-electron chi connectivity index (χ4n) is 4.43. The smallest absolute Gasteiger partial charge is 0.254 e. The number of carbonyl (C=O) groups excluding carboxylic acids is 2. The van der Waals surface area contributed by atoms with Crippen LogP contribution in [-0.4, -0.2) is 64.3 Å². The summed E-state index contributed by atoms with van der Waals surface area (Å²) in [5, 5.41) is 2.83. The van der Waals surface area contributed by atoms with Crippen molar-refractivity contribution in [3.63, 3.8) is 0 Å². The van der Waals surface area contributed by atoms with Gasteiger partial charge in [-0.1, -0.05) is 12.1 Å². The predicted octanol–water partition coefficient (Wildman–Crippen LogP) is 2.66. The molecule has 1 aromatic heterocycles. The van der Waals surface area contributed by atoms with Crippen LogP contribution >= 0.6 is 0 Å². The maximum Gasteiger partial charge on any atom is 0.254 e. The van der Waals surface area contributed by atoms with Crippen LogP contribution in [0.4, 0.5) is 4.39 Å². The van der Waals surface area contributed by atoms with Crippen LogP contribution in [0.1, 0.15) is 59.0 Å². The molecule has 32 heavy (non-hydrogen) atoms. The summed E-state index contributed by atoms with van der Waals surface area (Å²) in [7, 11) is 0. The Bertz CT molecular complexity index is 959. The molecule has 1 unspecified atom stereocenters. The minimum Gasteiger partial charge on any atom is -0.348 e. The van der Waals surface area contributed by atoms with Gasteiger partial charge in [0.15, 0.2) is 0 Å². The van der Waals surface area contributed by atoms with Gasteiger partial charge in [0, 0.05) is 31.7 Å². The van der Waals surface area contributed by atoms with E-state index in [0.717, 1.165) is 38.0 Å². The largest absolute Gasteiger partial charge is 0.348 e. The number of rotatable bonds is 6. The van der Waals surface area contributed by atoms with Crippen LogP contribution in [0.25, 0.3) is 0 Å². The van der Waals surface area contributed by atoms with Crippen LogP contribution in [0.3, 0.4) is 0 Å². The number of hydrogen-bond acceptors (Lipinski definition) is 5. The van der Waals surface area contributed by atoms with E-state index in [9.17, 15) is 14.0 Å². The Kier molecular flexibility index (Phi) is 7.09. The number of carbonyl (C=O) groups is 2. The minimum absolute atomic E-state index is 0.0845. The SMILES string of the molecule is Cc1nc(C2CCCN(C(=O)CN3CCCC3)C2)ncc1C(=O)NCc1ccc(F)cc1. The molecule has 0 saturated carbocycles. The van der Waals surface area contributed by atoms with E-state index in [1.807, 2.05) is 4.90 Å². The molecule has 0 aliphatic carbocycles. The van der Waals surface area contributed by atoms with Crippen LogP contribution in [0.15, 0.2) is 30.5 Å². The number of likely N-dealkylation sites (tertiary alicyclic amines) is 2. The Balaban J connectivity index is 1.35. The van der Waals surface area contributed by atoms with Gasteiger partial charge in [0.05, 0.1) is 17.8 Å². The fraction of sp³-hybridized carbons (Fsp3) is 0.500. The molecule has 2 aromatic rings. The van der Waals surface area contributed by atoms with Crippen LogP contribution in [0, 0.1) is 12.7 Å². The number of benzene rings is 1. The summed E-state index contributed by atoms with van der Waals surface area (Å²) < 4.78 is 13.0. The Hall–Kier alpha value is -2.87. The minimum atomic E-state index is -0.307. The molecule has 2 amide bonds. The summed E-state index contributed by atoms with van der Waals surface area (Å²) in [6.07, 6.45) is 5.78. The molecule has 1 N–H and O–H groups in total. The van der Waals surface area contributed by atoms with E-state index >= 15 is 0 Å². The van der Waals surface area contributed by atoms with E-state index in [4.69, 9.17) is 0 Å². The van der Waals surface area contributed by atoms with Crippen LogP contribution < -0.4 is 5.32 Å². The molecule has 2 fully saturated rings. The molecule has 2 aliphatic rings. The maximum absolute atomic E-state index is 13.0. The molecule has 7 nitrogen and oxygen atoms in total. The average molecular weight is 440 g/mol. The Morgan fingerprint density at radius 1 is 1.12 bits per heavy atom. The van der Waals surface area contributed by atoms with E-state index in [-0.39, 0.29) is 23.5 Å². The molecule has 3 heterocycles. The first-order chi connectivity index (χ1) is 15.5. The summed E-state index contributed by atoms with van der Waals surface area (Å²) >= 11 is 0. The zero-order valence-corrected chi connectivity index (χ0v) is 18.5. The first-order valence-electron chi connectivity index (χ1n) is 11.4. The standard InChI is InChI=1S/C24H30FN5O2/c1-17-21(24(32)27-13-18-6-8-20(25)9-7-18)14-26-23(28-17)19-5-4-12-30(15-19)22(31)16-29-10-2-3-11-29/h6-9,14,19H,2-5,10-13,15-16H2,1H3,(H,27,32). The van der Waals surface area contributed by atoms with Crippen molar-refractivity contribution < 1.29 is 14.0 Å². The van der Waals surface area contributed by atoms with E-state index in [2.05, 4.69) is 20.2 Å². The van der Waals surface area contributed by atoms with Gasteiger partial charge in [0.2, 0.25) is 5.91 Å². The quantitative estimate of drug-likeness (QED) is 0.749. The second kappa shape index (κ2) is 10.2. The van der Waals surface area contributed by atoms with Gasteiger partial charge in [0.1, 0.15) is 11.6 Å². The number of nitrogens with zero attached hydrogens (tertiary/aromatic N) is 4. The topological polar surface area (TPSA) is 78.4 Å². The first kappa shape index (κ1) is 22.3. The molecule has 0 radical (unpaired) electrons. The van der Waals surface area contributed by atoms with Gasteiger partial charge in [-0.05, 0) is 63.4 Å². The van der Waals surface area contributed by atoms with E-state index in [1.54, 1.807) is 25.3 Å². The number of aryl methyl sites for hydroxylation is 1. The van der Waals surface area contributed by atoms with E-state index in [0.29, 0.717) is 36.7 Å². The molecule has 2 saturated heterocycles. The third-order valence-corrected chi connectivity index (χ3v) is 6.31. The lowest BCUT2D eigenvalue weighted by Gasteiger charge is -2.33. The molecular weight excluding hydrogens is 409 g/mol. The van der Waals surface area contributed by atoms with E-state index in [1.165, 1.54) is 25.0 Å². The summed E-state index contributed by atoms with van der Waals surface area (Å²) in [4.78, 5) is 38.6. The second-order valence-electron chi connectivity index (χ2n) is 8.70. The van der Waals surface area contributed by atoms with Gasteiger partial charge in [-0.3, -0.25) is 14.5 Å². The number of amides is 2. The number of aromatic nitrogens is 2. The van der Waals surface area contributed by atoms with Crippen molar-refractivity contribution in [2.75, 3.05) is 32.7 Å². The Morgan fingerprint density at radius 3 is 2.59 bits per heavy atom. The normalized spacial score (nSPS) is 19.2. The summed E-state index contributed by atoms with van der Waals surface area (Å²) in [5.41, 5.74) is 1.86. The highest BCUT2D eigenvalue weighted by molar-refractivity contribution is 5.94. The van der Waals surface area contributed by atoms with Crippen molar-refractivity contribution in [2.45, 2.75) is 45.1 Å². The Morgan fingerprint density at radius 2 is 1.88 bits per heavy atom. The van der Waals surface area contributed by atoms with Gasteiger partial charge in [-0.2, -0.15) is 0 Å². The molecular formula is C24H30FN5O2. The van der Waals surface area contributed by atoms with Crippen molar-refractivity contribution in [1.82, 2.24) is 25.1 Å². The Labute approximate surface area is 188 Å². The van der Waals surface area contributed by atoms with Gasteiger partial charge >= 0.3 is 0 Å². The van der Waals surface area contributed by atoms with Gasteiger partial charge in [-0.15, -0.1) is 0 Å². The van der Waals surface area contributed by atoms with Crippen LogP contribution in [0.2, 0.25) is 0 Å². The number of piperidine rings is 1. The molecule has 1 aromatic carbocycles. The fourth-order valence-corrected chi connectivity index (χ4v) is 4.43. The van der Waals surface area contributed by atoms with Crippen molar-refractivity contribution in [3.8, 4) is 0 Å².